The molecule has 2 aromatic carbocycles. The Hall–Kier alpha value is -3.33. The number of ether oxygens (including phenoxy) is 2. The van der Waals surface area contributed by atoms with E-state index in [9.17, 15) is 13.2 Å². The maximum Gasteiger partial charge on any atom is 0.412 e. The van der Waals surface area contributed by atoms with Gasteiger partial charge in [-0.3, -0.25) is 5.32 Å². The number of carbonyl (C=O) groups excluding carboxylic acids is 1. The summed E-state index contributed by atoms with van der Waals surface area (Å²) in [5, 5.41) is 6.58. The second-order valence-electron chi connectivity index (χ2n) is 7.93. The van der Waals surface area contributed by atoms with Crippen molar-refractivity contribution >= 4 is 21.6 Å². The number of anilines is 1. The lowest BCUT2D eigenvalue weighted by Gasteiger charge is -2.19. The minimum Gasteiger partial charge on any atom is -0.489 e. The Morgan fingerprint density at radius 3 is 2.29 bits per heavy atom. The Labute approximate surface area is 181 Å². The summed E-state index contributed by atoms with van der Waals surface area (Å²) >= 11 is 0. The van der Waals surface area contributed by atoms with Gasteiger partial charge in [-0.15, -0.1) is 0 Å². The van der Waals surface area contributed by atoms with Crippen LogP contribution >= 0.6 is 0 Å². The molecule has 0 aliphatic heterocycles. The second-order valence-corrected chi connectivity index (χ2v) is 9.95. The average molecular weight is 445 g/mol. The van der Waals surface area contributed by atoms with Crippen LogP contribution in [0.15, 0.2) is 64.2 Å². The number of nitrogens with zero attached hydrogens (tertiary/aromatic N) is 1. The molecule has 0 fully saturated rings. The lowest BCUT2D eigenvalue weighted by Crippen LogP contribution is -2.27. The molecule has 3 aromatic rings. The van der Waals surface area contributed by atoms with Gasteiger partial charge in [0.05, 0.1) is 4.90 Å². The van der Waals surface area contributed by atoms with E-state index in [0.717, 1.165) is 11.1 Å². The summed E-state index contributed by atoms with van der Waals surface area (Å²) in [7, 11) is -3.22. The smallest absolute Gasteiger partial charge is 0.412 e. The van der Waals surface area contributed by atoms with E-state index in [1.54, 1.807) is 69.3 Å². The van der Waals surface area contributed by atoms with Crippen molar-refractivity contribution < 1.29 is 27.2 Å². The highest BCUT2D eigenvalue weighted by atomic mass is 32.2. The monoisotopic (exact) mass is 444 g/mol. The second kappa shape index (κ2) is 8.81. The quantitative estimate of drug-likeness (QED) is 0.588. The predicted molar refractivity (Wildman–Crippen MR) is 116 cm³/mol. The van der Waals surface area contributed by atoms with E-state index in [1.165, 1.54) is 12.5 Å². The number of hydrogen-bond donors (Lipinski definition) is 1. The first-order valence-electron chi connectivity index (χ1n) is 9.48. The van der Waals surface area contributed by atoms with Crippen LogP contribution in [0.25, 0.3) is 11.3 Å². The molecule has 0 unspecified atom stereocenters. The van der Waals surface area contributed by atoms with E-state index in [2.05, 4.69) is 10.5 Å². The fourth-order valence-electron chi connectivity index (χ4n) is 2.66. The van der Waals surface area contributed by atoms with Crippen LogP contribution in [-0.2, 0) is 21.2 Å². The van der Waals surface area contributed by atoms with Crippen molar-refractivity contribution in [3.63, 3.8) is 0 Å². The van der Waals surface area contributed by atoms with Crippen LogP contribution in [0, 0.1) is 0 Å². The van der Waals surface area contributed by atoms with Gasteiger partial charge in [-0.05, 0) is 62.7 Å². The van der Waals surface area contributed by atoms with Crippen LogP contribution in [0.1, 0.15) is 26.3 Å². The van der Waals surface area contributed by atoms with E-state index >= 15 is 0 Å². The number of amides is 1. The van der Waals surface area contributed by atoms with Crippen LogP contribution < -0.4 is 10.1 Å². The molecule has 1 N–H and O–H groups in total. The number of carbonyl (C=O) groups is 1. The summed E-state index contributed by atoms with van der Waals surface area (Å²) in [6.45, 7) is 5.62. The lowest BCUT2D eigenvalue weighted by atomic mass is 10.1. The van der Waals surface area contributed by atoms with Gasteiger partial charge in [-0.25, -0.2) is 13.2 Å². The minimum absolute atomic E-state index is 0.268. The normalized spacial score (nSPS) is 11.7. The molecule has 0 radical (unpaired) electrons. The zero-order chi connectivity index (χ0) is 22.6. The molecule has 31 heavy (non-hydrogen) atoms. The molecule has 1 aromatic heterocycles. The number of hydrogen-bond acceptors (Lipinski definition) is 7. The molecule has 3 rings (SSSR count). The Morgan fingerprint density at radius 2 is 1.71 bits per heavy atom. The molecule has 0 spiro atoms. The Morgan fingerprint density at radius 1 is 1.06 bits per heavy atom. The third kappa shape index (κ3) is 6.32. The SMILES string of the molecule is CC(C)(C)OC(=O)Nc1conc1-c1ccc(OCc2ccc(S(C)(=O)=O)cc2)cc1. The highest BCUT2D eigenvalue weighted by Gasteiger charge is 2.19. The predicted octanol–water partition coefficient (Wildman–Crippen LogP) is 4.67. The first-order valence-corrected chi connectivity index (χ1v) is 11.4. The molecule has 0 saturated heterocycles. The number of rotatable bonds is 6. The topological polar surface area (TPSA) is 108 Å². The maximum atomic E-state index is 12.0. The van der Waals surface area contributed by atoms with Gasteiger partial charge in [0.25, 0.3) is 0 Å². The van der Waals surface area contributed by atoms with Gasteiger partial charge >= 0.3 is 6.09 Å². The molecule has 1 heterocycles. The molecule has 8 nitrogen and oxygen atoms in total. The summed E-state index contributed by atoms with van der Waals surface area (Å²) in [5.41, 5.74) is 1.81. The average Bonchev–Trinajstić information content (AvgIpc) is 3.13. The first kappa shape index (κ1) is 22.4. The number of sulfone groups is 1. The summed E-state index contributed by atoms with van der Waals surface area (Å²) in [6.07, 6.45) is 1.91. The van der Waals surface area contributed by atoms with Gasteiger partial charge in [-0.1, -0.05) is 17.3 Å². The van der Waals surface area contributed by atoms with Gasteiger partial charge in [0, 0.05) is 11.8 Å². The molecular formula is C22H24N2O6S. The molecule has 1 amide bonds. The van der Waals surface area contributed by atoms with Gasteiger partial charge < -0.3 is 14.0 Å². The van der Waals surface area contributed by atoms with Crippen LogP contribution in [0.4, 0.5) is 10.5 Å². The third-order valence-electron chi connectivity index (χ3n) is 4.09. The van der Waals surface area contributed by atoms with Gasteiger partial charge in [-0.2, -0.15) is 0 Å². The summed E-state index contributed by atoms with van der Waals surface area (Å²) < 4.78 is 39.1. The largest absolute Gasteiger partial charge is 0.489 e. The number of benzene rings is 2. The van der Waals surface area contributed by atoms with Crippen LogP contribution in [0.3, 0.4) is 0 Å². The van der Waals surface area contributed by atoms with Gasteiger partial charge in [0.1, 0.15) is 35.6 Å². The van der Waals surface area contributed by atoms with E-state index in [4.69, 9.17) is 14.0 Å². The molecule has 164 valence electrons. The minimum atomic E-state index is -3.22. The zero-order valence-corrected chi connectivity index (χ0v) is 18.5. The van der Waals surface area contributed by atoms with Crippen molar-refractivity contribution in [1.29, 1.82) is 0 Å². The van der Waals surface area contributed by atoms with E-state index in [0.29, 0.717) is 23.7 Å². The fourth-order valence-corrected chi connectivity index (χ4v) is 3.29. The summed E-state index contributed by atoms with van der Waals surface area (Å²) in [4.78, 5) is 12.3. The maximum absolute atomic E-state index is 12.0. The van der Waals surface area contributed by atoms with E-state index < -0.39 is 21.5 Å². The number of nitrogens with one attached hydrogen (secondary N) is 1. The number of aromatic nitrogens is 1. The Balaban J connectivity index is 1.63. The molecule has 0 bridgehead atoms. The molecular weight excluding hydrogens is 420 g/mol. The van der Waals surface area contributed by atoms with Crippen LogP contribution in [0.2, 0.25) is 0 Å². The van der Waals surface area contributed by atoms with Crippen molar-refractivity contribution in [2.45, 2.75) is 37.9 Å². The highest BCUT2D eigenvalue weighted by Crippen LogP contribution is 2.28. The first-order chi connectivity index (χ1) is 14.5. The molecule has 9 heteroatoms. The van der Waals surface area contributed by atoms with Crippen molar-refractivity contribution in [3.05, 3.63) is 60.4 Å². The van der Waals surface area contributed by atoms with E-state index in [1.807, 2.05) is 0 Å². The van der Waals surface area contributed by atoms with Crippen molar-refractivity contribution in [2.24, 2.45) is 0 Å². The van der Waals surface area contributed by atoms with Crippen molar-refractivity contribution in [1.82, 2.24) is 5.16 Å². The Bertz CT molecular complexity index is 1140. The van der Waals surface area contributed by atoms with Gasteiger partial charge in [0.2, 0.25) is 0 Å². The van der Waals surface area contributed by atoms with Crippen LogP contribution in [-0.4, -0.2) is 31.5 Å². The van der Waals surface area contributed by atoms with Crippen molar-refractivity contribution in [2.75, 3.05) is 11.6 Å². The van der Waals surface area contributed by atoms with Crippen LogP contribution in [0.5, 0.6) is 5.75 Å². The molecule has 0 saturated carbocycles. The molecule has 0 aliphatic carbocycles. The standard InChI is InChI=1S/C22H24N2O6S/c1-22(2,3)30-21(25)23-19-14-29-24-20(19)16-7-9-17(10-8-16)28-13-15-5-11-18(12-6-15)31(4,26)27/h5-12,14H,13H2,1-4H3,(H,23,25). The Kier molecular flexibility index (Phi) is 6.35. The lowest BCUT2D eigenvalue weighted by molar-refractivity contribution is 0.0636. The summed E-state index contributed by atoms with van der Waals surface area (Å²) in [6, 6.07) is 13.7. The van der Waals surface area contributed by atoms with Gasteiger partial charge in [0.15, 0.2) is 9.84 Å². The molecule has 0 atom stereocenters. The fraction of sp³-hybridized carbons (Fsp3) is 0.273. The molecule has 0 aliphatic rings. The van der Waals surface area contributed by atoms with Crippen molar-refractivity contribution in [3.8, 4) is 17.0 Å². The van der Waals surface area contributed by atoms with E-state index in [-0.39, 0.29) is 4.90 Å². The zero-order valence-electron chi connectivity index (χ0n) is 17.7. The third-order valence-corrected chi connectivity index (χ3v) is 5.22. The highest BCUT2D eigenvalue weighted by molar-refractivity contribution is 7.90. The summed E-state index contributed by atoms with van der Waals surface area (Å²) in [5.74, 6) is 0.626.